The van der Waals surface area contributed by atoms with Crippen molar-refractivity contribution in [3.8, 4) is 17.6 Å². The van der Waals surface area contributed by atoms with Gasteiger partial charge in [0.15, 0.2) is 10.9 Å². The lowest BCUT2D eigenvalue weighted by atomic mass is 9.77. The molecule has 0 saturated heterocycles. The summed E-state index contributed by atoms with van der Waals surface area (Å²) < 4.78 is 11.7. The highest BCUT2D eigenvalue weighted by atomic mass is 35.5. The van der Waals surface area contributed by atoms with Gasteiger partial charge in [-0.1, -0.05) is 49.3 Å². The number of hydrogen-bond donors (Lipinski definition) is 0. The van der Waals surface area contributed by atoms with Gasteiger partial charge in [0.25, 0.3) is 0 Å². The summed E-state index contributed by atoms with van der Waals surface area (Å²) in [6.45, 7) is 4.84. The van der Waals surface area contributed by atoms with Crippen LogP contribution in [0.15, 0.2) is 53.8 Å². The van der Waals surface area contributed by atoms with Crippen LogP contribution in [0, 0.1) is 11.3 Å². The Morgan fingerprint density at radius 3 is 2.53 bits per heavy atom. The minimum atomic E-state index is -0.424. The van der Waals surface area contributed by atoms with Gasteiger partial charge in [-0.2, -0.15) is 5.26 Å². The largest absolute Gasteiger partial charge is 0.491 e. The van der Waals surface area contributed by atoms with Crippen molar-refractivity contribution >= 4 is 40.2 Å². The summed E-state index contributed by atoms with van der Waals surface area (Å²) >= 11 is 13.4. The Morgan fingerprint density at radius 1 is 1.11 bits per heavy atom. The molecule has 0 aliphatic heterocycles. The molecular formula is C27H27Cl2N3O3S. The molecule has 0 unspecified atom stereocenters. The van der Waals surface area contributed by atoms with E-state index in [0.717, 1.165) is 22.6 Å². The maximum atomic E-state index is 10.9. The molecule has 0 spiro atoms. The second kappa shape index (κ2) is 13.0. The molecule has 0 aliphatic rings. The molecule has 3 aromatic rings. The molecule has 6 nitrogen and oxygen atoms in total. The summed E-state index contributed by atoms with van der Waals surface area (Å²) in [6, 6.07) is 15.5. The number of hydrogen-bond acceptors (Lipinski definition) is 7. The molecule has 0 bridgehead atoms. The lowest BCUT2D eigenvalue weighted by Crippen LogP contribution is -2.19. The number of rotatable bonds is 12. The molecule has 0 fully saturated rings. The number of carbonyl (C=O) groups is 1. The summed E-state index contributed by atoms with van der Waals surface area (Å²) in [7, 11) is 0. The van der Waals surface area contributed by atoms with Gasteiger partial charge in [0.05, 0.1) is 22.9 Å². The Morgan fingerprint density at radius 2 is 1.86 bits per heavy atom. The average molecular weight is 545 g/mol. The minimum absolute atomic E-state index is 0.292. The van der Waals surface area contributed by atoms with E-state index in [1.165, 1.54) is 11.8 Å². The Labute approximate surface area is 226 Å². The summed E-state index contributed by atoms with van der Waals surface area (Å²) in [6.07, 6.45) is 5.20. The molecule has 188 valence electrons. The zero-order valence-corrected chi connectivity index (χ0v) is 22.7. The number of thioether (sulfide) groups is 1. The number of benzene rings is 2. The average Bonchev–Trinajstić information content (AvgIpc) is 2.87. The standard InChI is InChI=1S/C27H27Cl2N3O3S/c1-27(2,19-7-9-22(10-8-19)35-17-21-11-12-31-26(32-21)36-3)20-14-18(16-30)25(23(28)15-20)34-13-5-4-6-24(29)33/h7-12,14-15H,4-6,13,17H2,1-3H3. The van der Waals surface area contributed by atoms with Crippen LogP contribution in [0.2, 0.25) is 5.02 Å². The first kappa shape index (κ1) is 27.8. The highest BCUT2D eigenvalue weighted by molar-refractivity contribution is 7.98. The van der Waals surface area contributed by atoms with Crippen LogP contribution in [-0.2, 0) is 16.8 Å². The van der Waals surface area contributed by atoms with Gasteiger partial charge >= 0.3 is 0 Å². The van der Waals surface area contributed by atoms with Gasteiger partial charge in [0.2, 0.25) is 5.24 Å². The first-order valence-electron chi connectivity index (χ1n) is 11.4. The van der Waals surface area contributed by atoms with E-state index in [1.54, 1.807) is 6.20 Å². The van der Waals surface area contributed by atoms with Gasteiger partial charge in [-0.15, -0.1) is 0 Å². The van der Waals surface area contributed by atoms with Gasteiger partial charge in [-0.3, -0.25) is 4.79 Å². The zero-order chi connectivity index (χ0) is 26.1. The van der Waals surface area contributed by atoms with Crippen molar-refractivity contribution in [2.45, 2.75) is 50.3 Å². The van der Waals surface area contributed by atoms with Crippen LogP contribution in [0.25, 0.3) is 0 Å². The van der Waals surface area contributed by atoms with Crippen LogP contribution >= 0.6 is 35.0 Å². The second-order valence-corrected chi connectivity index (χ2v) is 10.2. The monoisotopic (exact) mass is 543 g/mol. The molecule has 0 radical (unpaired) electrons. The first-order valence-corrected chi connectivity index (χ1v) is 13.4. The molecule has 36 heavy (non-hydrogen) atoms. The van der Waals surface area contributed by atoms with Crippen molar-refractivity contribution in [2.24, 2.45) is 0 Å². The van der Waals surface area contributed by atoms with E-state index >= 15 is 0 Å². The maximum absolute atomic E-state index is 10.9. The highest BCUT2D eigenvalue weighted by Gasteiger charge is 2.26. The number of unbranched alkanes of at least 4 members (excludes halogenated alkanes) is 1. The SMILES string of the molecule is CSc1nccc(COc2ccc(C(C)(C)c3cc(Cl)c(OCCCCC(=O)Cl)c(C#N)c3)cc2)n1. The van der Waals surface area contributed by atoms with Crippen molar-refractivity contribution in [3.63, 3.8) is 0 Å². The van der Waals surface area contributed by atoms with Gasteiger partial charge in [0.1, 0.15) is 18.4 Å². The maximum Gasteiger partial charge on any atom is 0.221 e. The molecule has 0 N–H and O–H groups in total. The quantitative estimate of drug-likeness (QED) is 0.106. The van der Waals surface area contributed by atoms with Crippen molar-refractivity contribution in [3.05, 3.63) is 76.1 Å². The molecule has 0 amide bonds. The molecule has 0 aliphatic carbocycles. The highest BCUT2D eigenvalue weighted by Crippen LogP contribution is 2.38. The second-order valence-electron chi connectivity index (χ2n) is 8.58. The van der Waals surface area contributed by atoms with Crippen LogP contribution in [0.3, 0.4) is 0 Å². The van der Waals surface area contributed by atoms with Crippen LogP contribution in [0.5, 0.6) is 11.5 Å². The van der Waals surface area contributed by atoms with Gasteiger partial charge < -0.3 is 9.47 Å². The van der Waals surface area contributed by atoms with Gasteiger partial charge in [0, 0.05) is 18.0 Å². The molecule has 9 heteroatoms. The minimum Gasteiger partial charge on any atom is -0.491 e. The van der Waals surface area contributed by atoms with Crippen LogP contribution in [0.4, 0.5) is 0 Å². The van der Waals surface area contributed by atoms with E-state index < -0.39 is 5.41 Å². The molecule has 3 rings (SSSR count). The summed E-state index contributed by atoms with van der Waals surface area (Å²) in [5, 5.41) is 10.4. The number of nitrogens with zero attached hydrogens (tertiary/aromatic N) is 3. The van der Waals surface area contributed by atoms with Crippen LogP contribution in [-0.4, -0.2) is 28.1 Å². The lowest BCUT2D eigenvalue weighted by Gasteiger charge is -2.27. The molecule has 0 atom stereocenters. The van der Waals surface area contributed by atoms with Gasteiger partial charge in [-0.25, -0.2) is 9.97 Å². The van der Waals surface area contributed by atoms with Crippen LogP contribution < -0.4 is 9.47 Å². The van der Waals surface area contributed by atoms with Crippen molar-refractivity contribution < 1.29 is 14.3 Å². The first-order chi connectivity index (χ1) is 17.2. The normalized spacial score (nSPS) is 11.1. The van der Waals surface area contributed by atoms with Crippen molar-refractivity contribution in [1.29, 1.82) is 5.26 Å². The third-order valence-corrected chi connectivity index (χ3v) is 6.77. The molecule has 0 saturated carbocycles. The Bertz CT molecular complexity index is 1240. The predicted octanol–water partition coefficient (Wildman–Crippen LogP) is 6.94. The molecule has 1 heterocycles. The summed E-state index contributed by atoms with van der Waals surface area (Å²) in [5.74, 6) is 1.09. The summed E-state index contributed by atoms with van der Waals surface area (Å²) in [5.41, 5.74) is 2.69. The molecular weight excluding hydrogens is 517 g/mol. The van der Waals surface area contributed by atoms with E-state index in [-0.39, 0.29) is 5.24 Å². The smallest absolute Gasteiger partial charge is 0.221 e. The fraction of sp³-hybridized carbons (Fsp3) is 0.333. The molecule has 1 aromatic heterocycles. The Hall–Kier alpha value is -2.79. The van der Waals surface area contributed by atoms with Gasteiger partial charge in [-0.05, 0) is 72.2 Å². The third-order valence-electron chi connectivity index (χ3n) is 5.74. The van der Waals surface area contributed by atoms with E-state index in [0.29, 0.717) is 54.0 Å². The van der Waals surface area contributed by atoms with Crippen molar-refractivity contribution in [2.75, 3.05) is 12.9 Å². The number of aromatic nitrogens is 2. The Balaban J connectivity index is 1.70. The number of carbonyl (C=O) groups excluding carboxylic acids is 1. The van der Waals surface area contributed by atoms with E-state index in [9.17, 15) is 10.1 Å². The van der Waals surface area contributed by atoms with Crippen LogP contribution in [0.1, 0.15) is 55.5 Å². The number of ether oxygens (including phenoxy) is 2. The predicted molar refractivity (Wildman–Crippen MR) is 143 cm³/mol. The zero-order valence-electron chi connectivity index (χ0n) is 20.4. The number of halogens is 2. The Kier molecular flexibility index (Phi) is 10.0. The van der Waals surface area contributed by atoms with E-state index in [4.69, 9.17) is 32.7 Å². The van der Waals surface area contributed by atoms with E-state index in [2.05, 4.69) is 29.9 Å². The molecule has 2 aromatic carbocycles. The number of nitriles is 1. The topological polar surface area (TPSA) is 85.1 Å². The fourth-order valence-corrected chi connectivity index (χ4v) is 4.35. The van der Waals surface area contributed by atoms with Crippen molar-refractivity contribution in [1.82, 2.24) is 9.97 Å². The third kappa shape index (κ3) is 7.36. The van der Waals surface area contributed by atoms with E-state index in [1.807, 2.05) is 48.7 Å². The summed E-state index contributed by atoms with van der Waals surface area (Å²) in [4.78, 5) is 19.5. The lowest BCUT2D eigenvalue weighted by molar-refractivity contribution is -0.111. The fourth-order valence-electron chi connectivity index (χ4n) is 3.57.